The predicted molar refractivity (Wildman–Crippen MR) is 69.2 cm³/mol. The van der Waals surface area contributed by atoms with Gasteiger partial charge in [-0.15, -0.1) is 0 Å². The third-order valence-corrected chi connectivity index (χ3v) is 4.37. The summed E-state index contributed by atoms with van der Waals surface area (Å²) in [5, 5.41) is 3.60. The van der Waals surface area contributed by atoms with Crippen LogP contribution in [0.2, 0.25) is 0 Å². The van der Waals surface area contributed by atoms with Crippen molar-refractivity contribution in [3.63, 3.8) is 0 Å². The van der Waals surface area contributed by atoms with Gasteiger partial charge in [0, 0.05) is 19.0 Å². The highest BCUT2D eigenvalue weighted by Crippen LogP contribution is 2.34. The first-order valence-electron chi connectivity index (χ1n) is 6.67. The highest BCUT2D eigenvalue weighted by atomic mass is 16.5. The fraction of sp³-hybridized carbons (Fsp3) is 0.600. The lowest BCUT2D eigenvalue weighted by Crippen LogP contribution is -2.59. The Morgan fingerprint density at radius 1 is 1.24 bits per heavy atom. The van der Waals surface area contributed by atoms with Gasteiger partial charge < -0.3 is 10.1 Å². The smallest absolute Gasteiger partial charge is 0.0854 e. The molecule has 3 unspecified atom stereocenters. The number of nitrogens with one attached hydrogen (secondary N) is 1. The second-order valence-corrected chi connectivity index (χ2v) is 5.62. The largest absolute Gasteiger partial charge is 0.369 e. The van der Waals surface area contributed by atoms with E-state index in [1.165, 1.54) is 11.1 Å². The molecule has 17 heavy (non-hydrogen) atoms. The lowest BCUT2D eigenvalue weighted by Gasteiger charge is -2.46. The molecule has 2 nitrogen and oxygen atoms in total. The minimum Gasteiger partial charge on any atom is -0.369 e. The Bertz CT molecular complexity index is 417. The van der Waals surface area contributed by atoms with Crippen molar-refractivity contribution in [3.8, 4) is 0 Å². The first kappa shape index (κ1) is 11.2. The highest BCUT2D eigenvalue weighted by molar-refractivity contribution is 5.32. The maximum absolute atomic E-state index is 6.32. The van der Waals surface area contributed by atoms with Crippen LogP contribution in [-0.2, 0) is 17.6 Å². The monoisotopic (exact) mass is 231 g/mol. The average Bonchev–Trinajstić information content (AvgIpc) is 2.34. The van der Waals surface area contributed by atoms with Gasteiger partial charge >= 0.3 is 0 Å². The molecule has 0 aromatic heterocycles. The first-order valence-corrected chi connectivity index (χ1v) is 6.67. The molecule has 1 aliphatic carbocycles. The molecular weight excluding hydrogens is 210 g/mol. The van der Waals surface area contributed by atoms with Crippen LogP contribution in [0, 0.1) is 0 Å². The quantitative estimate of drug-likeness (QED) is 0.740. The zero-order valence-corrected chi connectivity index (χ0v) is 10.7. The van der Waals surface area contributed by atoms with E-state index in [9.17, 15) is 0 Å². The molecule has 3 rings (SSSR count). The number of ether oxygens (including phenoxy) is 1. The van der Waals surface area contributed by atoms with Gasteiger partial charge in [-0.05, 0) is 37.8 Å². The van der Waals surface area contributed by atoms with Crippen molar-refractivity contribution in [2.75, 3.05) is 6.54 Å². The van der Waals surface area contributed by atoms with Crippen molar-refractivity contribution < 1.29 is 4.74 Å². The molecule has 1 fully saturated rings. The van der Waals surface area contributed by atoms with Gasteiger partial charge in [-0.1, -0.05) is 24.3 Å². The fourth-order valence-corrected chi connectivity index (χ4v) is 3.07. The van der Waals surface area contributed by atoms with Crippen molar-refractivity contribution in [2.45, 2.75) is 50.9 Å². The summed E-state index contributed by atoms with van der Waals surface area (Å²) in [4.78, 5) is 0. The second kappa shape index (κ2) is 4.11. The normalized spacial score (nSPS) is 36.8. The van der Waals surface area contributed by atoms with Crippen LogP contribution in [-0.4, -0.2) is 24.3 Å². The first-order chi connectivity index (χ1) is 8.19. The number of fused-ring (bicyclic) bond motifs is 1. The molecule has 2 heteroatoms. The molecule has 3 atom stereocenters. The molecule has 1 saturated heterocycles. The number of benzene rings is 1. The van der Waals surface area contributed by atoms with Crippen molar-refractivity contribution in [1.82, 2.24) is 5.32 Å². The Morgan fingerprint density at radius 2 is 2.00 bits per heavy atom. The second-order valence-electron chi connectivity index (χ2n) is 5.62. The molecule has 92 valence electrons. The highest BCUT2D eigenvalue weighted by Gasteiger charge is 2.40. The van der Waals surface area contributed by atoms with E-state index >= 15 is 0 Å². The van der Waals surface area contributed by atoms with Crippen LogP contribution in [0.3, 0.4) is 0 Å². The summed E-state index contributed by atoms with van der Waals surface area (Å²) in [6.45, 7) is 5.38. The Kier molecular flexibility index (Phi) is 2.72. The van der Waals surface area contributed by atoms with Crippen LogP contribution < -0.4 is 5.32 Å². The standard InChI is InChI=1S/C15H21NO/c1-11-12(2)17-15(10-16-11)8-7-13-5-3-4-6-14(13)9-15/h3-6,11-12,16H,7-10H2,1-2H3. The minimum atomic E-state index is 0.0419. The van der Waals surface area contributed by atoms with Crippen LogP contribution in [0.4, 0.5) is 0 Å². The van der Waals surface area contributed by atoms with E-state index < -0.39 is 0 Å². The van der Waals surface area contributed by atoms with Gasteiger partial charge in [0.15, 0.2) is 0 Å². The number of hydrogen-bond acceptors (Lipinski definition) is 2. The number of morpholine rings is 1. The SMILES string of the molecule is CC1NCC2(CCc3ccccc3C2)OC1C. The van der Waals surface area contributed by atoms with E-state index in [0.717, 1.165) is 25.8 Å². The molecular formula is C15H21NO. The van der Waals surface area contributed by atoms with Crippen LogP contribution in [0.15, 0.2) is 24.3 Å². The van der Waals surface area contributed by atoms with E-state index in [-0.39, 0.29) is 5.60 Å². The summed E-state index contributed by atoms with van der Waals surface area (Å²) in [6.07, 6.45) is 3.68. The van der Waals surface area contributed by atoms with Gasteiger partial charge in [0.25, 0.3) is 0 Å². The molecule has 0 radical (unpaired) electrons. The minimum absolute atomic E-state index is 0.0419. The third kappa shape index (κ3) is 2.00. The van der Waals surface area contributed by atoms with E-state index in [4.69, 9.17) is 4.74 Å². The van der Waals surface area contributed by atoms with E-state index in [1.807, 2.05) is 0 Å². The summed E-state index contributed by atoms with van der Waals surface area (Å²) < 4.78 is 6.32. The van der Waals surface area contributed by atoms with E-state index in [1.54, 1.807) is 0 Å². The van der Waals surface area contributed by atoms with E-state index in [0.29, 0.717) is 12.1 Å². The molecule has 1 heterocycles. The number of rotatable bonds is 0. The summed E-state index contributed by atoms with van der Waals surface area (Å²) in [5.74, 6) is 0. The van der Waals surface area contributed by atoms with Crippen LogP contribution in [0.1, 0.15) is 31.4 Å². The Balaban J connectivity index is 1.83. The number of aryl methyl sites for hydroxylation is 1. The zero-order valence-electron chi connectivity index (χ0n) is 10.7. The van der Waals surface area contributed by atoms with Gasteiger partial charge in [0.05, 0.1) is 11.7 Å². The fourth-order valence-electron chi connectivity index (χ4n) is 3.07. The van der Waals surface area contributed by atoms with Crippen molar-refractivity contribution in [1.29, 1.82) is 0 Å². The molecule has 1 aromatic carbocycles. The van der Waals surface area contributed by atoms with Crippen molar-refractivity contribution in [3.05, 3.63) is 35.4 Å². The average molecular weight is 231 g/mol. The lowest BCUT2D eigenvalue weighted by molar-refractivity contribution is -0.131. The molecule has 1 aromatic rings. The topological polar surface area (TPSA) is 21.3 Å². The van der Waals surface area contributed by atoms with Crippen LogP contribution >= 0.6 is 0 Å². The van der Waals surface area contributed by atoms with Gasteiger partial charge in [-0.2, -0.15) is 0 Å². The van der Waals surface area contributed by atoms with Gasteiger partial charge in [0.2, 0.25) is 0 Å². The van der Waals surface area contributed by atoms with Crippen LogP contribution in [0.25, 0.3) is 0 Å². The Hall–Kier alpha value is -0.860. The maximum Gasteiger partial charge on any atom is 0.0854 e. The molecule has 0 amide bonds. The molecule has 1 spiro atoms. The molecule has 1 aliphatic heterocycles. The third-order valence-electron chi connectivity index (χ3n) is 4.37. The molecule has 1 N–H and O–H groups in total. The summed E-state index contributed by atoms with van der Waals surface area (Å²) in [5.41, 5.74) is 3.02. The zero-order chi connectivity index (χ0) is 11.9. The summed E-state index contributed by atoms with van der Waals surface area (Å²) in [6, 6.07) is 9.26. The van der Waals surface area contributed by atoms with Gasteiger partial charge in [-0.25, -0.2) is 0 Å². The summed E-state index contributed by atoms with van der Waals surface area (Å²) >= 11 is 0. The van der Waals surface area contributed by atoms with Gasteiger partial charge in [-0.3, -0.25) is 0 Å². The Labute approximate surface area is 103 Å². The molecule has 2 aliphatic rings. The van der Waals surface area contributed by atoms with E-state index in [2.05, 4.69) is 43.4 Å². The number of hydrogen-bond donors (Lipinski definition) is 1. The summed E-state index contributed by atoms with van der Waals surface area (Å²) in [7, 11) is 0. The predicted octanol–water partition coefficient (Wildman–Crippen LogP) is 2.31. The van der Waals surface area contributed by atoms with Gasteiger partial charge in [0.1, 0.15) is 0 Å². The van der Waals surface area contributed by atoms with Crippen molar-refractivity contribution >= 4 is 0 Å². The lowest BCUT2D eigenvalue weighted by atomic mass is 9.79. The molecule has 0 saturated carbocycles. The van der Waals surface area contributed by atoms with Crippen LogP contribution in [0.5, 0.6) is 0 Å². The Morgan fingerprint density at radius 3 is 2.76 bits per heavy atom. The maximum atomic E-state index is 6.32. The van der Waals surface area contributed by atoms with Crippen molar-refractivity contribution in [2.24, 2.45) is 0 Å². The molecule has 0 bridgehead atoms.